The lowest BCUT2D eigenvalue weighted by atomic mass is 10.0. The van der Waals surface area contributed by atoms with Crippen LogP contribution in [0.2, 0.25) is 0 Å². The Bertz CT molecular complexity index is 727. The van der Waals surface area contributed by atoms with Crippen molar-refractivity contribution in [3.63, 3.8) is 0 Å². The Hall–Kier alpha value is -1.59. The third kappa shape index (κ3) is 39.1. The molecule has 1 unspecified atom stereocenters. The number of carbonyl (C=O) groups is 3. The highest BCUT2D eigenvalue weighted by molar-refractivity contribution is 5.80. The van der Waals surface area contributed by atoms with Gasteiger partial charge in [0.2, 0.25) is 5.91 Å². The number of rotatable bonds is 40. The summed E-state index contributed by atoms with van der Waals surface area (Å²) in [5.74, 6) is -1.21. The van der Waals surface area contributed by atoms with Gasteiger partial charge in [0.25, 0.3) is 0 Å². The van der Waals surface area contributed by atoms with E-state index in [0.29, 0.717) is 12.8 Å². The standard InChI is InChI=1S/C43H83NO5/c1-3-5-7-9-11-13-15-16-17-18-19-21-23-25-30-34-38-43(48)49-40(35-31-27-24-22-20-14-12-10-8-6-4-2)36-32-28-26-29-33-37-41(45)44-39-42(46)47/h40H,3-39H2,1-2H3,(H,44,45)(H,46,47). The number of nitrogens with one attached hydrogen (secondary N) is 1. The Morgan fingerprint density at radius 2 is 0.755 bits per heavy atom. The normalized spacial score (nSPS) is 11.9. The molecule has 0 heterocycles. The van der Waals surface area contributed by atoms with Crippen LogP contribution < -0.4 is 5.32 Å². The predicted molar refractivity (Wildman–Crippen MR) is 208 cm³/mol. The largest absolute Gasteiger partial charge is 0.480 e. The lowest BCUT2D eigenvalue weighted by Gasteiger charge is -2.18. The Balaban J connectivity index is 4.07. The van der Waals surface area contributed by atoms with Crippen LogP contribution in [0.15, 0.2) is 0 Å². The number of amides is 1. The first-order valence-electron chi connectivity index (χ1n) is 21.7. The molecule has 6 nitrogen and oxygen atoms in total. The van der Waals surface area contributed by atoms with E-state index in [1.54, 1.807) is 0 Å². The first kappa shape index (κ1) is 47.4. The highest BCUT2D eigenvalue weighted by Gasteiger charge is 2.14. The SMILES string of the molecule is CCCCCCCCCCCCCCCCCCC(=O)OC(CCCCCCCCCCCCC)CCCCCCCC(=O)NCC(=O)O. The third-order valence-electron chi connectivity index (χ3n) is 10.0. The van der Waals surface area contributed by atoms with Crippen LogP contribution in [0.3, 0.4) is 0 Å². The van der Waals surface area contributed by atoms with E-state index in [0.717, 1.165) is 64.2 Å². The van der Waals surface area contributed by atoms with Crippen molar-refractivity contribution >= 4 is 17.8 Å². The Morgan fingerprint density at radius 3 is 1.10 bits per heavy atom. The van der Waals surface area contributed by atoms with Crippen molar-refractivity contribution in [2.45, 2.75) is 251 Å². The van der Waals surface area contributed by atoms with Gasteiger partial charge in [0.1, 0.15) is 12.6 Å². The van der Waals surface area contributed by atoms with E-state index in [2.05, 4.69) is 19.2 Å². The van der Waals surface area contributed by atoms with E-state index in [-0.39, 0.29) is 24.5 Å². The molecule has 0 aromatic rings. The molecule has 0 bridgehead atoms. The van der Waals surface area contributed by atoms with Gasteiger partial charge >= 0.3 is 11.9 Å². The van der Waals surface area contributed by atoms with Gasteiger partial charge < -0.3 is 15.2 Å². The van der Waals surface area contributed by atoms with Gasteiger partial charge in [-0.1, -0.05) is 194 Å². The molecule has 0 aromatic carbocycles. The van der Waals surface area contributed by atoms with Crippen LogP contribution in [0, 0.1) is 0 Å². The number of aliphatic carboxylic acids is 1. The van der Waals surface area contributed by atoms with Crippen molar-refractivity contribution in [3.05, 3.63) is 0 Å². The molecule has 0 aromatic heterocycles. The molecule has 0 fully saturated rings. The molecule has 0 radical (unpaired) electrons. The Kier molecular flexibility index (Phi) is 37.9. The molecule has 0 aliphatic carbocycles. The summed E-state index contributed by atoms with van der Waals surface area (Å²) in [6, 6.07) is 0. The highest BCUT2D eigenvalue weighted by atomic mass is 16.5. The molecule has 2 N–H and O–H groups in total. The second-order valence-electron chi connectivity index (χ2n) is 15.0. The van der Waals surface area contributed by atoms with Gasteiger partial charge in [-0.05, 0) is 38.5 Å². The third-order valence-corrected chi connectivity index (χ3v) is 10.0. The van der Waals surface area contributed by atoms with Gasteiger partial charge in [0.05, 0.1) is 0 Å². The van der Waals surface area contributed by atoms with Crippen molar-refractivity contribution in [3.8, 4) is 0 Å². The first-order valence-corrected chi connectivity index (χ1v) is 21.7. The molecule has 0 saturated carbocycles. The number of unbranched alkanes of at least 4 members (excludes halogenated alkanes) is 29. The summed E-state index contributed by atoms with van der Waals surface area (Å²) in [5.41, 5.74) is 0. The van der Waals surface area contributed by atoms with Crippen LogP contribution in [0.25, 0.3) is 0 Å². The van der Waals surface area contributed by atoms with E-state index in [1.165, 1.54) is 154 Å². The summed E-state index contributed by atoms with van der Waals surface area (Å²) in [4.78, 5) is 35.0. The van der Waals surface area contributed by atoms with E-state index < -0.39 is 5.97 Å². The van der Waals surface area contributed by atoms with Crippen LogP contribution in [0.4, 0.5) is 0 Å². The lowest BCUT2D eigenvalue weighted by Crippen LogP contribution is -2.28. The van der Waals surface area contributed by atoms with Gasteiger partial charge in [-0.15, -0.1) is 0 Å². The maximum Gasteiger partial charge on any atom is 0.322 e. The summed E-state index contributed by atoms with van der Waals surface area (Å²) >= 11 is 0. The predicted octanol–water partition coefficient (Wildman–Crippen LogP) is 13.2. The smallest absolute Gasteiger partial charge is 0.322 e. The van der Waals surface area contributed by atoms with Gasteiger partial charge in [0.15, 0.2) is 0 Å². The van der Waals surface area contributed by atoms with Gasteiger partial charge in [-0.3, -0.25) is 14.4 Å². The number of esters is 1. The zero-order valence-electron chi connectivity index (χ0n) is 32.8. The molecule has 0 spiro atoms. The van der Waals surface area contributed by atoms with Crippen LogP contribution in [0.5, 0.6) is 0 Å². The number of carbonyl (C=O) groups excluding carboxylic acids is 2. The zero-order valence-corrected chi connectivity index (χ0v) is 32.8. The summed E-state index contributed by atoms with van der Waals surface area (Å²) in [7, 11) is 0. The van der Waals surface area contributed by atoms with E-state index in [4.69, 9.17) is 9.84 Å². The molecule has 49 heavy (non-hydrogen) atoms. The second kappa shape index (κ2) is 39.2. The van der Waals surface area contributed by atoms with Crippen molar-refractivity contribution in [1.29, 1.82) is 0 Å². The Morgan fingerprint density at radius 1 is 0.449 bits per heavy atom. The molecule has 1 amide bonds. The summed E-state index contributed by atoms with van der Waals surface area (Å²) in [6.45, 7) is 4.25. The van der Waals surface area contributed by atoms with Crippen molar-refractivity contribution < 1.29 is 24.2 Å². The number of hydrogen-bond donors (Lipinski definition) is 2. The van der Waals surface area contributed by atoms with Gasteiger partial charge in [-0.2, -0.15) is 0 Å². The molecular formula is C43H83NO5. The maximum atomic E-state index is 12.7. The number of hydrogen-bond acceptors (Lipinski definition) is 4. The quantitative estimate of drug-likeness (QED) is 0.0492. The van der Waals surface area contributed by atoms with Gasteiger partial charge in [0, 0.05) is 12.8 Å². The fourth-order valence-electron chi connectivity index (χ4n) is 6.81. The summed E-state index contributed by atoms with van der Waals surface area (Å²) in [6.07, 6.45) is 43.7. The van der Waals surface area contributed by atoms with E-state index in [9.17, 15) is 14.4 Å². The summed E-state index contributed by atoms with van der Waals surface area (Å²) < 4.78 is 6.03. The average Bonchev–Trinajstić information content (AvgIpc) is 3.08. The van der Waals surface area contributed by atoms with Crippen LogP contribution in [-0.4, -0.2) is 35.6 Å². The second-order valence-corrected chi connectivity index (χ2v) is 15.0. The lowest BCUT2D eigenvalue weighted by molar-refractivity contribution is -0.150. The zero-order chi connectivity index (χ0) is 35.9. The topological polar surface area (TPSA) is 92.7 Å². The number of ether oxygens (including phenoxy) is 1. The van der Waals surface area contributed by atoms with Crippen LogP contribution >= 0.6 is 0 Å². The minimum atomic E-state index is -1.01. The number of carboxylic acid groups (broad SMARTS) is 1. The van der Waals surface area contributed by atoms with Crippen molar-refractivity contribution in [1.82, 2.24) is 5.32 Å². The first-order chi connectivity index (χ1) is 24.0. The molecule has 1 atom stereocenters. The molecule has 290 valence electrons. The Labute approximate surface area is 304 Å². The number of carboxylic acids is 1. The minimum Gasteiger partial charge on any atom is -0.480 e. The average molecular weight is 694 g/mol. The van der Waals surface area contributed by atoms with Gasteiger partial charge in [-0.25, -0.2) is 0 Å². The molecule has 6 heteroatoms. The summed E-state index contributed by atoms with van der Waals surface area (Å²) in [5, 5.41) is 11.1. The van der Waals surface area contributed by atoms with Crippen molar-refractivity contribution in [2.24, 2.45) is 0 Å². The monoisotopic (exact) mass is 694 g/mol. The van der Waals surface area contributed by atoms with E-state index >= 15 is 0 Å². The molecule has 0 aliphatic heterocycles. The maximum absolute atomic E-state index is 12.7. The van der Waals surface area contributed by atoms with E-state index in [1.807, 2.05) is 0 Å². The van der Waals surface area contributed by atoms with Crippen LogP contribution in [0.1, 0.15) is 245 Å². The molecule has 0 saturated heterocycles. The fraction of sp³-hybridized carbons (Fsp3) is 0.930. The highest BCUT2D eigenvalue weighted by Crippen LogP contribution is 2.19. The minimum absolute atomic E-state index is 0.00851. The fourth-order valence-corrected chi connectivity index (χ4v) is 6.81. The van der Waals surface area contributed by atoms with Crippen molar-refractivity contribution in [2.75, 3.05) is 6.54 Å². The van der Waals surface area contributed by atoms with Crippen LogP contribution in [-0.2, 0) is 19.1 Å². The molecule has 0 rings (SSSR count). The molecular weight excluding hydrogens is 610 g/mol. The molecule has 0 aliphatic rings.